The van der Waals surface area contributed by atoms with Gasteiger partial charge in [-0.2, -0.15) is 0 Å². The molecule has 1 aromatic rings. The van der Waals surface area contributed by atoms with Gasteiger partial charge in [-0.25, -0.2) is 0 Å². The van der Waals surface area contributed by atoms with Crippen LogP contribution in [0.5, 0.6) is 0 Å². The predicted octanol–water partition coefficient (Wildman–Crippen LogP) is 1.45. The van der Waals surface area contributed by atoms with Crippen molar-refractivity contribution in [1.29, 1.82) is 0 Å². The molecule has 0 unspecified atom stereocenters. The first-order chi connectivity index (χ1) is 9.37. The van der Waals surface area contributed by atoms with Crippen LogP contribution in [-0.4, -0.2) is 48.1 Å². The number of nitrogens with two attached hydrogens (primary N) is 1. The van der Waals surface area contributed by atoms with Crippen molar-refractivity contribution in [2.75, 3.05) is 37.6 Å². The summed E-state index contributed by atoms with van der Waals surface area (Å²) in [5, 5.41) is 11.1. The van der Waals surface area contributed by atoms with Gasteiger partial charge in [0.1, 0.15) is 5.69 Å². The van der Waals surface area contributed by atoms with E-state index in [1.165, 1.54) is 0 Å². The van der Waals surface area contributed by atoms with Crippen molar-refractivity contribution in [2.24, 2.45) is 5.73 Å². The normalized spacial score (nSPS) is 17.2. The highest BCUT2D eigenvalue weighted by Gasteiger charge is 2.25. The van der Waals surface area contributed by atoms with Gasteiger partial charge in [0.15, 0.2) is 0 Å². The largest absolute Gasteiger partial charge is 0.363 e. The fourth-order valence-corrected chi connectivity index (χ4v) is 2.61. The van der Waals surface area contributed by atoms with Gasteiger partial charge in [-0.3, -0.25) is 15.0 Å². The Bertz CT molecular complexity index is 476. The lowest BCUT2D eigenvalue weighted by atomic mass is 10.1. The Hall–Kier alpha value is -1.66. The maximum atomic E-state index is 11.1. The molecular formula is C14H22N4O2. The summed E-state index contributed by atoms with van der Waals surface area (Å²) in [6.45, 7) is 8.22. The zero-order valence-corrected chi connectivity index (χ0v) is 12.1. The van der Waals surface area contributed by atoms with Crippen LogP contribution in [0.4, 0.5) is 11.4 Å². The van der Waals surface area contributed by atoms with Crippen LogP contribution < -0.4 is 10.6 Å². The van der Waals surface area contributed by atoms with E-state index >= 15 is 0 Å². The van der Waals surface area contributed by atoms with Crippen LogP contribution in [0, 0.1) is 10.1 Å². The molecule has 0 aromatic heterocycles. The minimum atomic E-state index is -0.315. The number of rotatable bonds is 4. The van der Waals surface area contributed by atoms with Crippen molar-refractivity contribution in [3.63, 3.8) is 0 Å². The highest BCUT2D eigenvalue weighted by atomic mass is 16.6. The lowest BCUT2D eigenvalue weighted by Crippen LogP contribution is -2.53. The third kappa shape index (κ3) is 3.68. The predicted molar refractivity (Wildman–Crippen MR) is 80.0 cm³/mol. The molecule has 6 nitrogen and oxygen atoms in total. The van der Waals surface area contributed by atoms with Crippen molar-refractivity contribution < 1.29 is 4.92 Å². The van der Waals surface area contributed by atoms with E-state index in [0.29, 0.717) is 5.69 Å². The number of hydrogen-bond donors (Lipinski definition) is 1. The zero-order valence-electron chi connectivity index (χ0n) is 12.1. The van der Waals surface area contributed by atoms with Crippen molar-refractivity contribution in [3.8, 4) is 0 Å². The number of para-hydroxylation sites is 2. The Morgan fingerprint density at radius 2 is 1.85 bits per heavy atom. The molecule has 110 valence electrons. The maximum Gasteiger partial charge on any atom is 0.292 e. The van der Waals surface area contributed by atoms with Gasteiger partial charge >= 0.3 is 0 Å². The number of anilines is 1. The second-order valence-corrected chi connectivity index (χ2v) is 6.00. The van der Waals surface area contributed by atoms with E-state index in [0.717, 1.165) is 32.7 Å². The molecular weight excluding hydrogens is 256 g/mol. The van der Waals surface area contributed by atoms with Crippen LogP contribution in [0.25, 0.3) is 0 Å². The Kier molecular flexibility index (Phi) is 4.25. The number of hydrogen-bond acceptors (Lipinski definition) is 5. The van der Waals surface area contributed by atoms with E-state index in [2.05, 4.69) is 9.80 Å². The molecule has 0 bridgehead atoms. The van der Waals surface area contributed by atoms with Gasteiger partial charge in [0.25, 0.3) is 5.69 Å². The van der Waals surface area contributed by atoms with Crippen LogP contribution in [0.3, 0.4) is 0 Å². The van der Waals surface area contributed by atoms with Gasteiger partial charge in [0.2, 0.25) is 0 Å². The van der Waals surface area contributed by atoms with E-state index < -0.39 is 0 Å². The number of nitrogens with zero attached hydrogens (tertiary/aromatic N) is 3. The van der Waals surface area contributed by atoms with E-state index in [1.807, 2.05) is 26.0 Å². The molecule has 0 aliphatic carbocycles. The topological polar surface area (TPSA) is 75.6 Å². The summed E-state index contributed by atoms with van der Waals surface area (Å²) in [7, 11) is 0. The summed E-state index contributed by atoms with van der Waals surface area (Å²) >= 11 is 0. The minimum absolute atomic E-state index is 0.181. The average Bonchev–Trinajstić information content (AvgIpc) is 2.38. The molecule has 2 N–H and O–H groups in total. The summed E-state index contributed by atoms with van der Waals surface area (Å²) < 4.78 is 0. The molecule has 1 aromatic carbocycles. The average molecular weight is 278 g/mol. The van der Waals surface area contributed by atoms with Crippen molar-refractivity contribution in [2.45, 2.75) is 19.4 Å². The fraction of sp³-hybridized carbons (Fsp3) is 0.571. The van der Waals surface area contributed by atoms with E-state index in [4.69, 9.17) is 5.73 Å². The zero-order chi connectivity index (χ0) is 14.8. The molecule has 0 amide bonds. The molecule has 0 saturated carbocycles. The van der Waals surface area contributed by atoms with Crippen LogP contribution in [-0.2, 0) is 0 Å². The molecule has 1 heterocycles. The molecule has 6 heteroatoms. The Labute approximate surface area is 119 Å². The summed E-state index contributed by atoms with van der Waals surface area (Å²) in [4.78, 5) is 15.1. The lowest BCUT2D eigenvalue weighted by molar-refractivity contribution is -0.384. The Balaban J connectivity index is 2.03. The van der Waals surface area contributed by atoms with Gasteiger partial charge in [-0.15, -0.1) is 0 Å². The monoisotopic (exact) mass is 278 g/mol. The molecule has 1 fully saturated rings. The number of piperazine rings is 1. The first-order valence-electron chi connectivity index (χ1n) is 6.86. The smallest absolute Gasteiger partial charge is 0.292 e. The summed E-state index contributed by atoms with van der Waals surface area (Å²) in [5.74, 6) is 0. The highest BCUT2D eigenvalue weighted by molar-refractivity contribution is 5.63. The van der Waals surface area contributed by atoms with Gasteiger partial charge in [-0.05, 0) is 19.9 Å². The second kappa shape index (κ2) is 5.76. The van der Waals surface area contributed by atoms with Crippen LogP contribution in [0.2, 0.25) is 0 Å². The van der Waals surface area contributed by atoms with E-state index in [-0.39, 0.29) is 16.1 Å². The standard InChI is InChI=1S/C14H22N4O2/c1-14(2,15)11-16-7-9-17(10-8-16)12-5-3-4-6-13(12)18(19)20/h3-6H,7-11,15H2,1-2H3. The third-order valence-corrected chi connectivity index (χ3v) is 3.42. The Morgan fingerprint density at radius 3 is 2.40 bits per heavy atom. The first-order valence-corrected chi connectivity index (χ1v) is 6.86. The van der Waals surface area contributed by atoms with Gasteiger partial charge < -0.3 is 10.6 Å². The Morgan fingerprint density at radius 1 is 1.25 bits per heavy atom. The van der Waals surface area contributed by atoms with Gasteiger partial charge in [-0.1, -0.05) is 12.1 Å². The second-order valence-electron chi connectivity index (χ2n) is 6.00. The van der Waals surface area contributed by atoms with Gasteiger partial charge in [0.05, 0.1) is 4.92 Å². The van der Waals surface area contributed by atoms with Gasteiger partial charge in [0, 0.05) is 44.3 Å². The number of benzene rings is 1. The molecule has 0 radical (unpaired) electrons. The summed E-state index contributed by atoms with van der Waals surface area (Å²) in [5.41, 5.74) is 6.72. The minimum Gasteiger partial charge on any atom is -0.363 e. The van der Waals surface area contributed by atoms with Crippen LogP contribution in [0.1, 0.15) is 13.8 Å². The molecule has 2 rings (SSSR count). The quantitative estimate of drug-likeness (QED) is 0.666. The molecule has 1 aliphatic rings. The SMILES string of the molecule is CC(C)(N)CN1CCN(c2ccccc2[N+](=O)[O-])CC1. The lowest BCUT2D eigenvalue weighted by Gasteiger charge is -2.38. The van der Waals surface area contributed by atoms with Crippen LogP contribution >= 0.6 is 0 Å². The number of nitro benzene ring substituents is 1. The highest BCUT2D eigenvalue weighted by Crippen LogP contribution is 2.28. The number of nitro groups is 1. The van der Waals surface area contributed by atoms with E-state index in [1.54, 1.807) is 12.1 Å². The third-order valence-electron chi connectivity index (χ3n) is 3.42. The molecule has 20 heavy (non-hydrogen) atoms. The fourth-order valence-electron chi connectivity index (χ4n) is 2.61. The van der Waals surface area contributed by atoms with Crippen LogP contribution in [0.15, 0.2) is 24.3 Å². The van der Waals surface area contributed by atoms with Crippen molar-refractivity contribution in [1.82, 2.24) is 4.90 Å². The molecule has 0 spiro atoms. The van der Waals surface area contributed by atoms with Crippen molar-refractivity contribution >= 4 is 11.4 Å². The maximum absolute atomic E-state index is 11.1. The van der Waals surface area contributed by atoms with E-state index in [9.17, 15) is 10.1 Å². The first kappa shape index (κ1) is 14.7. The molecule has 0 atom stereocenters. The summed E-state index contributed by atoms with van der Waals surface area (Å²) in [6.07, 6.45) is 0. The summed E-state index contributed by atoms with van der Waals surface area (Å²) in [6, 6.07) is 6.93. The van der Waals surface area contributed by atoms with Crippen molar-refractivity contribution in [3.05, 3.63) is 34.4 Å². The molecule has 1 saturated heterocycles. The molecule has 1 aliphatic heterocycles.